The number of benzene rings is 2. The van der Waals surface area contributed by atoms with Crippen LogP contribution in [-0.2, 0) is 0 Å². The van der Waals surface area contributed by atoms with Crippen molar-refractivity contribution in [1.29, 1.82) is 0 Å². The first-order chi connectivity index (χ1) is 15.1. The number of hydrogen-bond acceptors (Lipinski definition) is 6. The lowest BCUT2D eigenvalue weighted by Gasteiger charge is -2.09. The number of aromatic amines is 1. The number of carboxylic acids is 1. The van der Waals surface area contributed by atoms with Gasteiger partial charge in [0.25, 0.3) is 0 Å². The highest BCUT2D eigenvalue weighted by Gasteiger charge is 2.17. The van der Waals surface area contributed by atoms with Crippen LogP contribution in [-0.4, -0.2) is 26.3 Å². The number of thiophene rings is 1. The molecule has 5 aromatic rings. The lowest BCUT2D eigenvalue weighted by atomic mass is 10.1. The van der Waals surface area contributed by atoms with Gasteiger partial charge in [0.05, 0.1) is 27.2 Å². The topological polar surface area (TPSA) is 114 Å². The Morgan fingerprint density at radius 3 is 2.45 bits per heavy atom. The number of anilines is 1. The molecule has 0 aliphatic rings. The minimum absolute atomic E-state index is 0.255. The molecule has 0 amide bonds. The van der Waals surface area contributed by atoms with Crippen LogP contribution in [0.2, 0.25) is 0 Å². The van der Waals surface area contributed by atoms with Crippen LogP contribution < -0.4 is 10.5 Å². The van der Waals surface area contributed by atoms with Gasteiger partial charge in [-0.25, -0.2) is 9.78 Å². The number of ether oxygens (including phenoxy) is 1. The Morgan fingerprint density at radius 1 is 1.00 bits per heavy atom. The molecule has 8 heteroatoms. The van der Waals surface area contributed by atoms with E-state index in [4.69, 9.17) is 15.5 Å². The minimum Gasteiger partial charge on any atom is -0.477 e. The van der Waals surface area contributed by atoms with E-state index in [0.717, 1.165) is 27.1 Å². The number of rotatable bonds is 5. The van der Waals surface area contributed by atoms with Crippen LogP contribution in [0.3, 0.4) is 0 Å². The highest BCUT2D eigenvalue weighted by atomic mass is 32.1. The van der Waals surface area contributed by atoms with E-state index >= 15 is 0 Å². The molecule has 2 aromatic carbocycles. The fourth-order valence-electron chi connectivity index (χ4n) is 3.30. The van der Waals surface area contributed by atoms with Gasteiger partial charge >= 0.3 is 5.97 Å². The number of carbonyl (C=O) groups is 1. The molecule has 0 radical (unpaired) electrons. The second kappa shape index (κ2) is 7.58. The van der Waals surface area contributed by atoms with Gasteiger partial charge in [-0.1, -0.05) is 18.2 Å². The predicted octanol–water partition coefficient (Wildman–Crippen LogP) is 5.43. The second-order valence-corrected chi connectivity index (χ2v) is 7.88. The van der Waals surface area contributed by atoms with Crippen LogP contribution in [0, 0.1) is 0 Å². The van der Waals surface area contributed by atoms with E-state index in [1.54, 1.807) is 12.1 Å². The summed E-state index contributed by atoms with van der Waals surface area (Å²) < 4.78 is 5.87. The van der Waals surface area contributed by atoms with E-state index in [2.05, 4.69) is 10.2 Å². The highest BCUT2D eigenvalue weighted by Crippen LogP contribution is 2.36. The van der Waals surface area contributed by atoms with Gasteiger partial charge in [-0.05, 0) is 54.6 Å². The van der Waals surface area contributed by atoms with Gasteiger partial charge in [-0.15, -0.1) is 11.3 Å². The molecule has 0 saturated carbocycles. The highest BCUT2D eigenvalue weighted by molar-refractivity contribution is 7.17. The Kier molecular flexibility index (Phi) is 4.61. The van der Waals surface area contributed by atoms with Crippen molar-refractivity contribution in [1.82, 2.24) is 15.2 Å². The van der Waals surface area contributed by atoms with Crippen molar-refractivity contribution in [2.45, 2.75) is 0 Å². The number of hydrogen-bond donors (Lipinski definition) is 3. The van der Waals surface area contributed by atoms with E-state index in [-0.39, 0.29) is 4.88 Å². The maximum absolute atomic E-state index is 11.3. The number of para-hydroxylation sites is 1. The molecule has 0 fully saturated rings. The Balaban J connectivity index is 1.56. The molecular weight excluding hydrogens is 412 g/mol. The number of pyridine rings is 1. The monoisotopic (exact) mass is 428 g/mol. The molecule has 7 nitrogen and oxygen atoms in total. The first kappa shape index (κ1) is 18.8. The number of aromatic nitrogens is 3. The maximum Gasteiger partial charge on any atom is 0.345 e. The number of nitrogens with zero attached hydrogens (tertiary/aromatic N) is 2. The van der Waals surface area contributed by atoms with Crippen LogP contribution in [0.5, 0.6) is 11.5 Å². The summed E-state index contributed by atoms with van der Waals surface area (Å²) in [6, 6.07) is 22.2. The van der Waals surface area contributed by atoms with Gasteiger partial charge in [0.2, 0.25) is 0 Å². The first-order valence-electron chi connectivity index (χ1n) is 9.40. The zero-order valence-corrected chi connectivity index (χ0v) is 16.9. The largest absolute Gasteiger partial charge is 0.477 e. The third-order valence-electron chi connectivity index (χ3n) is 4.75. The molecule has 0 saturated heterocycles. The summed E-state index contributed by atoms with van der Waals surface area (Å²) in [5.41, 5.74) is 8.98. The molecule has 0 atom stereocenters. The van der Waals surface area contributed by atoms with Crippen molar-refractivity contribution in [2.24, 2.45) is 0 Å². The van der Waals surface area contributed by atoms with Crippen molar-refractivity contribution in [3.63, 3.8) is 0 Å². The van der Waals surface area contributed by atoms with E-state index < -0.39 is 5.97 Å². The molecule has 4 N–H and O–H groups in total. The lowest BCUT2D eigenvalue weighted by Crippen LogP contribution is -1.92. The van der Waals surface area contributed by atoms with Crippen LogP contribution in [0.4, 0.5) is 5.82 Å². The van der Waals surface area contributed by atoms with Gasteiger partial charge < -0.3 is 15.6 Å². The number of fused-ring (bicyclic) bond motifs is 1. The molecule has 152 valence electrons. The quantitative estimate of drug-likeness (QED) is 0.344. The fraction of sp³-hybridized carbons (Fsp3) is 0. The number of carboxylic acid groups (broad SMARTS) is 1. The SMILES string of the molecule is Nc1n[nH]c2cc(-c3ccc(C(=O)O)s3)nc(-c3ccc(Oc4ccccc4)cc3)c12. The van der Waals surface area contributed by atoms with Crippen molar-refractivity contribution in [2.75, 3.05) is 5.73 Å². The van der Waals surface area contributed by atoms with Gasteiger partial charge in [-0.3, -0.25) is 5.10 Å². The lowest BCUT2D eigenvalue weighted by molar-refractivity contribution is 0.0702. The molecule has 31 heavy (non-hydrogen) atoms. The third kappa shape index (κ3) is 3.60. The van der Waals surface area contributed by atoms with Crippen molar-refractivity contribution < 1.29 is 14.6 Å². The van der Waals surface area contributed by atoms with Crippen LogP contribution in [0.15, 0.2) is 72.8 Å². The second-order valence-electron chi connectivity index (χ2n) is 6.80. The Bertz CT molecular complexity index is 1390. The van der Waals surface area contributed by atoms with E-state index in [9.17, 15) is 9.90 Å². The molecule has 5 rings (SSSR count). The number of H-pyrrole nitrogens is 1. The van der Waals surface area contributed by atoms with Crippen LogP contribution >= 0.6 is 11.3 Å². The summed E-state index contributed by atoms with van der Waals surface area (Å²) in [5, 5.41) is 17.0. The Hall–Kier alpha value is -4.17. The van der Waals surface area contributed by atoms with Gasteiger partial charge in [0.15, 0.2) is 5.82 Å². The molecule has 3 aromatic heterocycles. The van der Waals surface area contributed by atoms with Gasteiger partial charge in [0.1, 0.15) is 16.4 Å². The number of nitrogens with two attached hydrogens (primary N) is 1. The van der Waals surface area contributed by atoms with E-state index in [1.165, 1.54) is 11.3 Å². The van der Waals surface area contributed by atoms with Crippen LogP contribution in [0.25, 0.3) is 32.7 Å². The van der Waals surface area contributed by atoms with Crippen molar-refractivity contribution in [3.05, 3.63) is 77.7 Å². The Labute approximate surface area is 180 Å². The Morgan fingerprint density at radius 2 is 1.74 bits per heavy atom. The zero-order chi connectivity index (χ0) is 21.4. The molecule has 0 aliphatic carbocycles. The summed E-state index contributed by atoms with van der Waals surface area (Å²) in [4.78, 5) is 17.1. The molecule has 3 heterocycles. The molecular formula is C23H16N4O3S. The summed E-state index contributed by atoms with van der Waals surface area (Å²) in [6.45, 7) is 0. The molecule has 0 aliphatic heterocycles. The normalized spacial score (nSPS) is 11.0. The number of aromatic carboxylic acids is 1. The number of nitrogens with one attached hydrogen (secondary N) is 1. The average molecular weight is 428 g/mol. The molecule has 0 unspecified atom stereocenters. The third-order valence-corrected chi connectivity index (χ3v) is 5.84. The standard InChI is InChI=1S/C23H16N4O3S/c24-22-20-17(26-27-22)12-16(18-10-11-19(31-18)23(28)29)25-21(20)13-6-8-15(9-7-13)30-14-4-2-1-3-5-14/h1-12H,(H,28,29)(H3,24,26,27). The summed E-state index contributed by atoms with van der Waals surface area (Å²) in [5.74, 6) is 0.846. The summed E-state index contributed by atoms with van der Waals surface area (Å²) in [6.07, 6.45) is 0. The summed E-state index contributed by atoms with van der Waals surface area (Å²) in [7, 11) is 0. The smallest absolute Gasteiger partial charge is 0.345 e. The first-order valence-corrected chi connectivity index (χ1v) is 10.2. The van der Waals surface area contributed by atoms with E-state index in [1.807, 2.05) is 60.7 Å². The van der Waals surface area contributed by atoms with Gasteiger partial charge in [-0.2, -0.15) is 5.10 Å². The number of nitrogen functional groups attached to an aromatic ring is 1. The van der Waals surface area contributed by atoms with Crippen LogP contribution in [0.1, 0.15) is 9.67 Å². The fourth-order valence-corrected chi connectivity index (χ4v) is 4.11. The predicted molar refractivity (Wildman–Crippen MR) is 121 cm³/mol. The van der Waals surface area contributed by atoms with Gasteiger partial charge in [0, 0.05) is 5.56 Å². The van der Waals surface area contributed by atoms with Crippen molar-refractivity contribution in [3.8, 4) is 33.3 Å². The molecule has 0 spiro atoms. The zero-order valence-electron chi connectivity index (χ0n) is 16.1. The minimum atomic E-state index is -0.961. The average Bonchev–Trinajstić information content (AvgIpc) is 3.42. The van der Waals surface area contributed by atoms with E-state index in [0.29, 0.717) is 23.0 Å². The maximum atomic E-state index is 11.3. The molecule has 0 bridgehead atoms. The van der Waals surface area contributed by atoms with Crippen molar-refractivity contribution >= 4 is 34.0 Å². The summed E-state index contributed by atoms with van der Waals surface area (Å²) >= 11 is 1.17.